The van der Waals surface area contributed by atoms with Crippen LogP contribution >= 0.6 is 11.3 Å². The molecule has 0 saturated heterocycles. The predicted molar refractivity (Wildman–Crippen MR) is 73.6 cm³/mol. The maximum absolute atomic E-state index is 11.3. The zero-order valence-corrected chi connectivity index (χ0v) is 11.9. The number of nitrogens with zero attached hydrogens (tertiary/aromatic N) is 1. The summed E-state index contributed by atoms with van der Waals surface area (Å²) in [5.74, 6) is -0.505. The molecule has 6 nitrogen and oxygen atoms in total. The highest BCUT2D eigenvalue weighted by molar-refractivity contribution is 7.09. The van der Waals surface area contributed by atoms with Crippen molar-refractivity contribution in [3.8, 4) is 0 Å². The van der Waals surface area contributed by atoms with Crippen LogP contribution < -0.4 is 10.6 Å². The monoisotopic (exact) mass is 285 g/mol. The van der Waals surface area contributed by atoms with Gasteiger partial charge < -0.3 is 15.7 Å². The van der Waals surface area contributed by atoms with Crippen LogP contribution in [0, 0.1) is 0 Å². The fourth-order valence-electron chi connectivity index (χ4n) is 1.35. The normalized spacial score (nSPS) is 10.5. The van der Waals surface area contributed by atoms with Crippen molar-refractivity contribution in [3.05, 3.63) is 16.1 Å². The molecule has 1 aromatic rings. The summed E-state index contributed by atoms with van der Waals surface area (Å²) in [6.45, 7) is 4.81. The number of rotatable bonds is 7. The number of hydrogen-bond donors (Lipinski definition) is 3. The lowest BCUT2D eigenvalue weighted by Crippen LogP contribution is -2.37. The Labute approximate surface area is 116 Å². The molecular weight excluding hydrogens is 266 g/mol. The minimum atomic E-state index is -0.927. The lowest BCUT2D eigenvalue weighted by atomic mass is 10.2. The molecule has 0 aromatic carbocycles. The van der Waals surface area contributed by atoms with E-state index in [1.165, 1.54) is 0 Å². The molecular formula is C12H19N3O3S. The van der Waals surface area contributed by atoms with Gasteiger partial charge in [-0.3, -0.25) is 4.79 Å². The molecule has 0 aliphatic rings. The summed E-state index contributed by atoms with van der Waals surface area (Å²) >= 11 is 1.63. The highest BCUT2D eigenvalue weighted by atomic mass is 32.1. The second kappa shape index (κ2) is 7.73. The maximum Gasteiger partial charge on any atom is 0.314 e. The van der Waals surface area contributed by atoms with E-state index in [0.29, 0.717) is 18.9 Å². The number of carbonyl (C=O) groups is 2. The Morgan fingerprint density at radius 3 is 2.63 bits per heavy atom. The van der Waals surface area contributed by atoms with Gasteiger partial charge in [0, 0.05) is 30.8 Å². The summed E-state index contributed by atoms with van der Waals surface area (Å²) in [7, 11) is 0. The number of urea groups is 1. The molecule has 0 aliphatic heterocycles. The first-order chi connectivity index (χ1) is 8.99. The van der Waals surface area contributed by atoms with Gasteiger partial charge in [-0.15, -0.1) is 11.3 Å². The molecule has 3 N–H and O–H groups in total. The third-order valence-corrected chi connectivity index (χ3v) is 3.55. The molecule has 0 aliphatic carbocycles. The molecule has 0 fully saturated rings. The first-order valence-corrected chi connectivity index (χ1v) is 7.04. The minimum Gasteiger partial charge on any atom is -0.481 e. The van der Waals surface area contributed by atoms with E-state index in [0.717, 1.165) is 10.7 Å². The van der Waals surface area contributed by atoms with E-state index in [-0.39, 0.29) is 19.0 Å². The van der Waals surface area contributed by atoms with Gasteiger partial charge in [-0.1, -0.05) is 13.8 Å². The number of aromatic nitrogens is 1. The summed E-state index contributed by atoms with van der Waals surface area (Å²) in [5, 5.41) is 16.7. The fourth-order valence-corrected chi connectivity index (χ4v) is 2.22. The minimum absolute atomic E-state index is 0.0722. The number of hydrogen-bond acceptors (Lipinski definition) is 4. The molecule has 0 radical (unpaired) electrons. The van der Waals surface area contributed by atoms with Gasteiger partial charge in [0.2, 0.25) is 0 Å². The van der Waals surface area contributed by atoms with E-state index >= 15 is 0 Å². The van der Waals surface area contributed by atoms with Crippen molar-refractivity contribution in [2.24, 2.45) is 0 Å². The van der Waals surface area contributed by atoms with Crippen LogP contribution in [0.4, 0.5) is 4.79 Å². The molecule has 0 spiro atoms. The number of carboxylic acid groups (broad SMARTS) is 1. The lowest BCUT2D eigenvalue weighted by molar-refractivity contribution is -0.136. The topological polar surface area (TPSA) is 91.3 Å². The van der Waals surface area contributed by atoms with E-state index in [4.69, 9.17) is 5.11 Å². The van der Waals surface area contributed by atoms with Crippen LogP contribution in [0.25, 0.3) is 0 Å². The van der Waals surface area contributed by atoms with Crippen LogP contribution in [0.5, 0.6) is 0 Å². The fraction of sp³-hybridized carbons (Fsp3) is 0.583. The number of thiazole rings is 1. The Balaban J connectivity index is 2.18. The van der Waals surface area contributed by atoms with Crippen molar-refractivity contribution in [1.82, 2.24) is 15.6 Å². The summed E-state index contributed by atoms with van der Waals surface area (Å²) in [4.78, 5) is 26.0. The summed E-state index contributed by atoms with van der Waals surface area (Å²) in [5.41, 5.74) is 0.972. The average molecular weight is 285 g/mol. The molecule has 1 rings (SSSR count). The van der Waals surface area contributed by atoms with Crippen molar-refractivity contribution in [3.63, 3.8) is 0 Å². The van der Waals surface area contributed by atoms with E-state index < -0.39 is 5.97 Å². The number of aliphatic carboxylic acids is 1. The van der Waals surface area contributed by atoms with Crippen LogP contribution in [0.1, 0.15) is 36.9 Å². The molecule has 0 bridgehead atoms. The smallest absolute Gasteiger partial charge is 0.314 e. The predicted octanol–water partition coefficient (Wildman–Crippen LogP) is 1.58. The molecule has 0 unspecified atom stereocenters. The zero-order valence-electron chi connectivity index (χ0n) is 11.1. The van der Waals surface area contributed by atoms with Crippen molar-refractivity contribution in [1.29, 1.82) is 0 Å². The molecule has 7 heteroatoms. The molecule has 0 saturated carbocycles. The lowest BCUT2D eigenvalue weighted by Gasteiger charge is -2.05. The van der Waals surface area contributed by atoms with Gasteiger partial charge >= 0.3 is 12.0 Å². The van der Waals surface area contributed by atoms with Crippen LogP contribution in [0.2, 0.25) is 0 Å². The molecule has 1 heterocycles. The number of carboxylic acids is 1. The van der Waals surface area contributed by atoms with E-state index in [1.807, 2.05) is 5.38 Å². The molecule has 19 heavy (non-hydrogen) atoms. The quantitative estimate of drug-likeness (QED) is 0.709. The summed E-state index contributed by atoms with van der Waals surface area (Å²) < 4.78 is 0. The first kappa shape index (κ1) is 15.4. The Morgan fingerprint density at radius 2 is 2.05 bits per heavy atom. The van der Waals surface area contributed by atoms with Crippen LogP contribution in [0.3, 0.4) is 0 Å². The Hall–Kier alpha value is -1.63. The van der Waals surface area contributed by atoms with Gasteiger partial charge in [0.15, 0.2) is 0 Å². The Bertz CT molecular complexity index is 432. The summed E-state index contributed by atoms with van der Waals surface area (Å²) in [6.07, 6.45) is 0.604. The van der Waals surface area contributed by atoms with Crippen LogP contribution in [0.15, 0.2) is 5.38 Å². The van der Waals surface area contributed by atoms with Gasteiger partial charge in [0.05, 0.1) is 17.1 Å². The Kier molecular flexibility index (Phi) is 6.27. The average Bonchev–Trinajstić information content (AvgIpc) is 2.77. The highest BCUT2D eigenvalue weighted by Crippen LogP contribution is 2.19. The van der Waals surface area contributed by atoms with Gasteiger partial charge in [0.25, 0.3) is 0 Å². The van der Waals surface area contributed by atoms with Crippen LogP contribution in [-0.4, -0.2) is 35.2 Å². The van der Waals surface area contributed by atoms with Gasteiger partial charge in [-0.05, 0) is 0 Å². The van der Waals surface area contributed by atoms with E-state index in [9.17, 15) is 9.59 Å². The number of carbonyl (C=O) groups excluding carboxylic acids is 1. The molecule has 106 valence electrons. The second-order valence-corrected chi connectivity index (χ2v) is 5.30. The molecule has 1 aromatic heterocycles. The molecule has 0 atom stereocenters. The van der Waals surface area contributed by atoms with Crippen molar-refractivity contribution >= 4 is 23.3 Å². The highest BCUT2D eigenvalue weighted by Gasteiger charge is 2.06. The van der Waals surface area contributed by atoms with Gasteiger partial charge in [-0.25, -0.2) is 9.78 Å². The van der Waals surface area contributed by atoms with Crippen LogP contribution in [-0.2, 0) is 11.2 Å². The van der Waals surface area contributed by atoms with Crippen molar-refractivity contribution < 1.29 is 14.7 Å². The largest absolute Gasteiger partial charge is 0.481 e. The first-order valence-electron chi connectivity index (χ1n) is 6.17. The van der Waals surface area contributed by atoms with Crippen molar-refractivity contribution in [2.45, 2.75) is 32.6 Å². The third kappa shape index (κ3) is 6.19. The van der Waals surface area contributed by atoms with Crippen molar-refractivity contribution in [2.75, 3.05) is 13.1 Å². The summed E-state index contributed by atoms with van der Waals surface area (Å²) in [6, 6.07) is -0.347. The molecule has 2 amide bonds. The SMILES string of the molecule is CC(C)c1nc(CCNC(=O)NCCC(=O)O)cs1. The van der Waals surface area contributed by atoms with Gasteiger partial charge in [0.1, 0.15) is 0 Å². The second-order valence-electron chi connectivity index (χ2n) is 4.41. The number of nitrogens with one attached hydrogen (secondary N) is 2. The van der Waals surface area contributed by atoms with E-state index in [1.54, 1.807) is 11.3 Å². The number of amides is 2. The maximum atomic E-state index is 11.3. The Morgan fingerprint density at radius 1 is 1.37 bits per heavy atom. The third-order valence-electron chi connectivity index (χ3n) is 2.35. The van der Waals surface area contributed by atoms with E-state index in [2.05, 4.69) is 29.5 Å². The standard InChI is InChI=1S/C12H19N3O3S/c1-8(2)11-15-9(7-19-11)3-5-13-12(18)14-6-4-10(16)17/h7-8H,3-6H2,1-2H3,(H,16,17)(H2,13,14,18). The van der Waals surface area contributed by atoms with Gasteiger partial charge in [-0.2, -0.15) is 0 Å². The zero-order chi connectivity index (χ0) is 14.3.